The number of phenols is 2. The van der Waals surface area contributed by atoms with E-state index in [0.717, 1.165) is 6.54 Å². The fraction of sp³-hybridized carbons (Fsp3) is 0.400. The summed E-state index contributed by atoms with van der Waals surface area (Å²) in [5.74, 6) is 0.343. The van der Waals surface area contributed by atoms with Crippen LogP contribution in [0.15, 0.2) is 18.2 Å². The van der Waals surface area contributed by atoms with Gasteiger partial charge in [0.15, 0.2) is 0 Å². The summed E-state index contributed by atoms with van der Waals surface area (Å²) in [7, 11) is 0. The molecule has 1 saturated heterocycles. The lowest BCUT2D eigenvalue weighted by Crippen LogP contribution is -2.34. The zero-order valence-electron chi connectivity index (χ0n) is 7.73. The van der Waals surface area contributed by atoms with Crippen LogP contribution in [-0.2, 0) is 4.74 Å². The van der Waals surface area contributed by atoms with E-state index >= 15 is 0 Å². The van der Waals surface area contributed by atoms with Gasteiger partial charge in [0.05, 0.1) is 19.3 Å². The van der Waals surface area contributed by atoms with Crippen molar-refractivity contribution in [3.63, 3.8) is 0 Å². The van der Waals surface area contributed by atoms with Crippen LogP contribution in [0, 0.1) is 0 Å². The van der Waals surface area contributed by atoms with Gasteiger partial charge in [0, 0.05) is 12.1 Å². The minimum absolute atomic E-state index is 0.0316. The van der Waals surface area contributed by atoms with Gasteiger partial charge in [-0.25, -0.2) is 0 Å². The largest absolute Gasteiger partial charge is 0.508 e. The van der Waals surface area contributed by atoms with Gasteiger partial charge in [-0.3, -0.25) is 0 Å². The molecule has 0 aliphatic carbocycles. The van der Waals surface area contributed by atoms with E-state index < -0.39 is 0 Å². The van der Waals surface area contributed by atoms with Crippen molar-refractivity contribution in [3.8, 4) is 11.5 Å². The molecule has 0 amide bonds. The van der Waals surface area contributed by atoms with Crippen molar-refractivity contribution in [1.82, 2.24) is 5.32 Å². The highest BCUT2D eigenvalue weighted by molar-refractivity contribution is 5.40. The fourth-order valence-corrected chi connectivity index (χ4v) is 1.59. The molecule has 4 nitrogen and oxygen atoms in total. The number of phenolic OH excluding ortho intramolecular Hbond substituents is 2. The number of aromatic hydroxyl groups is 2. The van der Waals surface area contributed by atoms with E-state index in [9.17, 15) is 10.2 Å². The molecule has 0 saturated carbocycles. The highest BCUT2D eigenvalue weighted by Gasteiger charge is 2.18. The Morgan fingerprint density at radius 3 is 2.93 bits per heavy atom. The highest BCUT2D eigenvalue weighted by Crippen LogP contribution is 2.28. The lowest BCUT2D eigenvalue weighted by molar-refractivity contribution is 0.0760. The van der Waals surface area contributed by atoms with Gasteiger partial charge in [-0.1, -0.05) is 0 Å². The maximum atomic E-state index is 9.58. The Morgan fingerprint density at radius 2 is 2.21 bits per heavy atom. The smallest absolute Gasteiger partial charge is 0.120 e. The quantitative estimate of drug-likeness (QED) is 0.579. The zero-order valence-corrected chi connectivity index (χ0v) is 7.73. The molecular formula is C10H13NO3. The van der Waals surface area contributed by atoms with Gasteiger partial charge in [0.2, 0.25) is 0 Å². The monoisotopic (exact) mass is 195 g/mol. The SMILES string of the molecule is Oc1ccc(O)c([C@H]2COCCN2)c1. The highest BCUT2D eigenvalue weighted by atomic mass is 16.5. The Labute approximate surface area is 82.1 Å². The van der Waals surface area contributed by atoms with Crippen molar-refractivity contribution in [3.05, 3.63) is 23.8 Å². The van der Waals surface area contributed by atoms with Crippen LogP contribution >= 0.6 is 0 Å². The van der Waals surface area contributed by atoms with Crippen molar-refractivity contribution in [2.24, 2.45) is 0 Å². The number of hydrogen-bond acceptors (Lipinski definition) is 4. The second-order valence-corrected chi connectivity index (χ2v) is 3.32. The molecule has 1 heterocycles. The first-order chi connectivity index (χ1) is 6.77. The van der Waals surface area contributed by atoms with Crippen LogP contribution in [0.5, 0.6) is 11.5 Å². The van der Waals surface area contributed by atoms with Gasteiger partial charge in [0.1, 0.15) is 11.5 Å². The topological polar surface area (TPSA) is 61.7 Å². The average Bonchev–Trinajstić information content (AvgIpc) is 2.23. The Bertz CT molecular complexity index is 321. The molecule has 76 valence electrons. The first kappa shape index (κ1) is 9.30. The summed E-state index contributed by atoms with van der Waals surface area (Å²) in [6, 6.07) is 4.47. The number of ether oxygens (including phenoxy) is 1. The first-order valence-corrected chi connectivity index (χ1v) is 4.60. The third kappa shape index (κ3) is 1.81. The normalized spacial score (nSPS) is 22.1. The predicted octanol–water partition coefficient (Wildman–Crippen LogP) is 0.759. The molecule has 3 N–H and O–H groups in total. The maximum absolute atomic E-state index is 9.58. The van der Waals surface area contributed by atoms with Crippen molar-refractivity contribution in [2.45, 2.75) is 6.04 Å². The standard InChI is InChI=1S/C10H13NO3/c12-7-1-2-10(13)8(5-7)9-6-14-4-3-11-9/h1-2,5,9,11-13H,3-4,6H2/t9-/m1/s1. The van der Waals surface area contributed by atoms with Gasteiger partial charge in [-0.2, -0.15) is 0 Å². The van der Waals surface area contributed by atoms with Crippen LogP contribution in [0.1, 0.15) is 11.6 Å². The van der Waals surface area contributed by atoms with Crippen molar-refractivity contribution >= 4 is 0 Å². The first-order valence-electron chi connectivity index (χ1n) is 4.60. The fourth-order valence-electron chi connectivity index (χ4n) is 1.59. The minimum Gasteiger partial charge on any atom is -0.508 e. The van der Waals surface area contributed by atoms with Crippen LogP contribution in [0.4, 0.5) is 0 Å². The van der Waals surface area contributed by atoms with E-state index in [4.69, 9.17) is 4.74 Å². The van der Waals surface area contributed by atoms with Crippen molar-refractivity contribution in [1.29, 1.82) is 0 Å². The van der Waals surface area contributed by atoms with E-state index in [-0.39, 0.29) is 17.5 Å². The van der Waals surface area contributed by atoms with Gasteiger partial charge < -0.3 is 20.3 Å². The van der Waals surface area contributed by atoms with E-state index in [2.05, 4.69) is 5.32 Å². The van der Waals surface area contributed by atoms with E-state index in [1.165, 1.54) is 12.1 Å². The second-order valence-electron chi connectivity index (χ2n) is 3.32. The Balaban J connectivity index is 2.24. The van der Waals surface area contributed by atoms with Crippen LogP contribution in [0.3, 0.4) is 0 Å². The third-order valence-electron chi connectivity index (χ3n) is 2.31. The predicted molar refractivity (Wildman–Crippen MR) is 51.3 cm³/mol. The summed E-state index contributed by atoms with van der Waals surface area (Å²) < 4.78 is 5.28. The summed E-state index contributed by atoms with van der Waals surface area (Å²) in [6.07, 6.45) is 0. The van der Waals surface area contributed by atoms with E-state index in [1.807, 2.05) is 0 Å². The maximum Gasteiger partial charge on any atom is 0.120 e. The molecule has 14 heavy (non-hydrogen) atoms. The summed E-state index contributed by atoms with van der Waals surface area (Å²) in [4.78, 5) is 0. The Hall–Kier alpha value is -1.26. The van der Waals surface area contributed by atoms with Gasteiger partial charge in [-0.05, 0) is 18.2 Å². The van der Waals surface area contributed by atoms with Crippen molar-refractivity contribution < 1.29 is 14.9 Å². The van der Waals surface area contributed by atoms with Crippen LogP contribution < -0.4 is 5.32 Å². The number of nitrogens with one attached hydrogen (secondary N) is 1. The Morgan fingerprint density at radius 1 is 1.36 bits per heavy atom. The number of benzene rings is 1. The molecule has 1 aromatic carbocycles. The molecule has 0 spiro atoms. The van der Waals surface area contributed by atoms with Gasteiger partial charge in [-0.15, -0.1) is 0 Å². The lowest BCUT2D eigenvalue weighted by atomic mass is 10.1. The Kier molecular flexibility index (Phi) is 2.56. The lowest BCUT2D eigenvalue weighted by Gasteiger charge is -2.24. The van der Waals surface area contributed by atoms with Gasteiger partial charge >= 0.3 is 0 Å². The average molecular weight is 195 g/mol. The third-order valence-corrected chi connectivity index (χ3v) is 2.31. The molecule has 2 rings (SSSR count). The van der Waals surface area contributed by atoms with Crippen LogP contribution in [0.2, 0.25) is 0 Å². The second kappa shape index (κ2) is 3.86. The summed E-state index contributed by atoms with van der Waals surface area (Å²) in [5, 5.41) is 22.1. The minimum atomic E-state index is -0.0316. The van der Waals surface area contributed by atoms with Crippen LogP contribution in [0.25, 0.3) is 0 Å². The molecule has 1 aliphatic heterocycles. The molecule has 4 heteroatoms. The zero-order chi connectivity index (χ0) is 9.97. The van der Waals surface area contributed by atoms with Gasteiger partial charge in [0.25, 0.3) is 0 Å². The number of morpholine rings is 1. The molecule has 1 aromatic rings. The molecular weight excluding hydrogens is 182 g/mol. The number of rotatable bonds is 1. The van der Waals surface area contributed by atoms with Crippen LogP contribution in [-0.4, -0.2) is 30.0 Å². The van der Waals surface area contributed by atoms with Crippen molar-refractivity contribution in [2.75, 3.05) is 19.8 Å². The molecule has 1 fully saturated rings. The molecule has 0 bridgehead atoms. The summed E-state index contributed by atoms with van der Waals surface area (Å²) in [5.41, 5.74) is 0.685. The summed E-state index contributed by atoms with van der Waals surface area (Å²) >= 11 is 0. The van der Waals surface area contributed by atoms with E-state index in [0.29, 0.717) is 18.8 Å². The number of hydrogen-bond donors (Lipinski definition) is 3. The molecule has 0 unspecified atom stereocenters. The van der Waals surface area contributed by atoms with E-state index in [1.54, 1.807) is 6.07 Å². The molecule has 1 atom stereocenters. The summed E-state index contributed by atoms with van der Waals surface area (Å²) in [6.45, 7) is 1.98. The molecule has 1 aliphatic rings. The molecule has 0 radical (unpaired) electrons. The molecule has 0 aromatic heterocycles.